The van der Waals surface area contributed by atoms with Crippen LogP contribution in [-0.2, 0) is 0 Å². The van der Waals surface area contributed by atoms with Crippen LogP contribution in [0.4, 0.5) is 27.1 Å². The second-order valence-electron chi connectivity index (χ2n) is 3.84. The molecule has 0 radical (unpaired) electrons. The number of nitrogens with one attached hydrogen (secondary N) is 1. The van der Waals surface area contributed by atoms with Gasteiger partial charge in [-0.3, -0.25) is 0 Å². The number of nitrogens with zero attached hydrogens (tertiary/aromatic N) is 1. The maximum atomic E-state index is 14.0. The van der Waals surface area contributed by atoms with Crippen LogP contribution in [0.15, 0.2) is 30.3 Å². The number of nitriles is 1. The summed E-state index contributed by atoms with van der Waals surface area (Å²) in [5.41, 5.74) is 12.2. The van der Waals surface area contributed by atoms with E-state index in [1.807, 2.05) is 6.07 Å². The minimum atomic E-state index is -0.744. The number of rotatable bonds is 2. The van der Waals surface area contributed by atoms with E-state index in [2.05, 4.69) is 5.32 Å². The zero-order valence-corrected chi connectivity index (χ0v) is 10.5. The van der Waals surface area contributed by atoms with E-state index in [0.29, 0.717) is 11.3 Å². The summed E-state index contributed by atoms with van der Waals surface area (Å²) in [6.07, 6.45) is 0. The average molecular weight is 277 g/mol. The van der Waals surface area contributed by atoms with E-state index in [1.165, 1.54) is 6.07 Å². The smallest absolute Gasteiger partial charge is 0.169 e. The molecule has 2 rings (SSSR count). The van der Waals surface area contributed by atoms with E-state index in [9.17, 15) is 4.39 Å². The average Bonchev–Trinajstić information content (AvgIpc) is 2.41. The van der Waals surface area contributed by atoms with Crippen molar-refractivity contribution in [3.63, 3.8) is 0 Å². The monoisotopic (exact) mass is 276 g/mol. The highest BCUT2D eigenvalue weighted by Crippen LogP contribution is 2.35. The number of halogens is 2. The number of para-hydroxylation sites is 1. The Morgan fingerprint density at radius 3 is 2.58 bits per heavy atom. The van der Waals surface area contributed by atoms with Crippen LogP contribution in [-0.4, -0.2) is 0 Å². The number of nitrogens with two attached hydrogens (primary N) is 2. The summed E-state index contributed by atoms with van der Waals surface area (Å²) in [6.45, 7) is 0. The normalized spacial score (nSPS) is 9.95. The zero-order chi connectivity index (χ0) is 14.0. The van der Waals surface area contributed by atoms with Crippen LogP contribution in [0.5, 0.6) is 0 Å². The van der Waals surface area contributed by atoms with Gasteiger partial charge in [0.15, 0.2) is 5.82 Å². The molecule has 0 unspecified atom stereocenters. The van der Waals surface area contributed by atoms with Crippen molar-refractivity contribution in [3.05, 3.63) is 46.7 Å². The van der Waals surface area contributed by atoms with Crippen molar-refractivity contribution >= 4 is 34.4 Å². The lowest BCUT2D eigenvalue weighted by Gasteiger charge is -2.13. The molecule has 0 saturated carbocycles. The third-order valence-electron chi connectivity index (χ3n) is 2.57. The van der Waals surface area contributed by atoms with Gasteiger partial charge in [0.2, 0.25) is 0 Å². The minimum absolute atomic E-state index is 0.00176. The van der Waals surface area contributed by atoms with Crippen molar-refractivity contribution in [3.8, 4) is 6.07 Å². The zero-order valence-electron chi connectivity index (χ0n) is 9.74. The van der Waals surface area contributed by atoms with Gasteiger partial charge in [-0.15, -0.1) is 0 Å². The molecule has 6 heteroatoms. The van der Waals surface area contributed by atoms with Crippen LogP contribution in [0, 0.1) is 17.1 Å². The lowest BCUT2D eigenvalue weighted by Crippen LogP contribution is -2.03. The Hall–Kier alpha value is -2.45. The van der Waals surface area contributed by atoms with Gasteiger partial charge in [0.1, 0.15) is 11.1 Å². The van der Waals surface area contributed by atoms with Crippen LogP contribution < -0.4 is 16.8 Å². The predicted octanol–water partition coefficient (Wildman–Crippen LogP) is 3.26. The largest absolute Gasteiger partial charge is 0.397 e. The van der Waals surface area contributed by atoms with Crippen molar-refractivity contribution < 1.29 is 4.39 Å². The topological polar surface area (TPSA) is 87.9 Å². The summed E-state index contributed by atoms with van der Waals surface area (Å²) in [6, 6.07) is 10.0. The van der Waals surface area contributed by atoms with Crippen LogP contribution in [0.2, 0.25) is 5.02 Å². The van der Waals surface area contributed by atoms with Crippen molar-refractivity contribution in [2.45, 2.75) is 0 Å². The Morgan fingerprint density at radius 1 is 1.21 bits per heavy atom. The first-order valence-corrected chi connectivity index (χ1v) is 5.71. The van der Waals surface area contributed by atoms with Crippen molar-refractivity contribution in [1.29, 1.82) is 5.26 Å². The van der Waals surface area contributed by atoms with Crippen molar-refractivity contribution in [1.82, 2.24) is 0 Å². The first-order chi connectivity index (χ1) is 9.04. The lowest BCUT2D eigenvalue weighted by molar-refractivity contribution is 0.633. The fourth-order valence-corrected chi connectivity index (χ4v) is 1.77. The number of hydrogen-bond acceptors (Lipinski definition) is 4. The highest BCUT2D eigenvalue weighted by atomic mass is 35.5. The quantitative estimate of drug-likeness (QED) is 0.735. The van der Waals surface area contributed by atoms with Gasteiger partial charge in [-0.05, 0) is 18.2 Å². The molecular weight excluding hydrogens is 267 g/mol. The van der Waals surface area contributed by atoms with Crippen molar-refractivity contribution in [2.75, 3.05) is 16.8 Å². The summed E-state index contributed by atoms with van der Waals surface area (Å²) in [5, 5.41) is 11.5. The molecular formula is C13H10ClFN4. The molecule has 0 fully saturated rings. The maximum absolute atomic E-state index is 14.0. The molecule has 0 spiro atoms. The van der Waals surface area contributed by atoms with Gasteiger partial charge in [-0.25, -0.2) is 4.39 Å². The molecule has 0 aliphatic carbocycles. The second-order valence-corrected chi connectivity index (χ2v) is 4.22. The number of nitrogen functional groups attached to an aromatic ring is 2. The summed E-state index contributed by atoms with van der Waals surface area (Å²) in [5.74, 6) is -0.744. The molecule has 0 amide bonds. The summed E-state index contributed by atoms with van der Waals surface area (Å²) < 4.78 is 14.0. The fourth-order valence-electron chi connectivity index (χ4n) is 1.62. The summed E-state index contributed by atoms with van der Waals surface area (Å²) in [4.78, 5) is 0. The first kappa shape index (κ1) is 13.0. The molecule has 4 nitrogen and oxygen atoms in total. The Labute approximate surface area is 114 Å². The van der Waals surface area contributed by atoms with Crippen LogP contribution in [0.3, 0.4) is 0 Å². The van der Waals surface area contributed by atoms with Crippen LogP contribution in [0.25, 0.3) is 0 Å². The van der Waals surface area contributed by atoms with Gasteiger partial charge < -0.3 is 16.8 Å². The fraction of sp³-hybridized carbons (Fsp3) is 0. The molecule has 0 aliphatic rings. The highest BCUT2D eigenvalue weighted by molar-refractivity contribution is 6.33. The molecule has 2 aromatic rings. The molecule has 0 aliphatic heterocycles. The maximum Gasteiger partial charge on any atom is 0.169 e. The molecule has 0 heterocycles. The predicted molar refractivity (Wildman–Crippen MR) is 74.7 cm³/mol. The molecule has 0 aromatic heterocycles. The molecule has 0 saturated heterocycles. The van der Waals surface area contributed by atoms with Gasteiger partial charge >= 0.3 is 0 Å². The molecule has 2 aromatic carbocycles. The van der Waals surface area contributed by atoms with E-state index in [0.717, 1.165) is 0 Å². The van der Waals surface area contributed by atoms with Gasteiger partial charge in [-0.1, -0.05) is 23.7 Å². The molecule has 96 valence electrons. The third kappa shape index (κ3) is 2.39. The molecule has 0 atom stereocenters. The van der Waals surface area contributed by atoms with Crippen LogP contribution in [0.1, 0.15) is 5.56 Å². The lowest BCUT2D eigenvalue weighted by atomic mass is 10.1. The summed E-state index contributed by atoms with van der Waals surface area (Å²) in [7, 11) is 0. The van der Waals surface area contributed by atoms with Crippen molar-refractivity contribution in [2.24, 2.45) is 0 Å². The molecule has 5 N–H and O–H groups in total. The summed E-state index contributed by atoms with van der Waals surface area (Å²) >= 11 is 5.73. The van der Waals surface area contributed by atoms with E-state index >= 15 is 0 Å². The standard InChI is InChI=1S/C13H10ClFN4/c14-11-8(17)5-9(18)13(12(11)15)19-10-4-2-1-3-7(10)6-16/h1-5,19H,17-18H2. The first-order valence-electron chi connectivity index (χ1n) is 5.33. The van der Waals surface area contributed by atoms with Gasteiger partial charge in [0, 0.05) is 0 Å². The molecule has 0 bridgehead atoms. The number of hydrogen-bond donors (Lipinski definition) is 3. The van der Waals surface area contributed by atoms with Gasteiger partial charge in [-0.2, -0.15) is 5.26 Å². The highest BCUT2D eigenvalue weighted by Gasteiger charge is 2.15. The van der Waals surface area contributed by atoms with E-state index in [-0.39, 0.29) is 22.1 Å². The Balaban J connectivity index is 2.51. The second kappa shape index (κ2) is 5.04. The SMILES string of the molecule is N#Cc1ccccc1Nc1c(N)cc(N)c(Cl)c1F. The number of benzene rings is 2. The van der Waals surface area contributed by atoms with Crippen LogP contribution >= 0.6 is 11.6 Å². The third-order valence-corrected chi connectivity index (χ3v) is 2.96. The van der Waals surface area contributed by atoms with E-state index in [4.69, 9.17) is 28.3 Å². The van der Waals surface area contributed by atoms with Gasteiger partial charge in [0.25, 0.3) is 0 Å². The minimum Gasteiger partial charge on any atom is -0.397 e. The Bertz CT molecular complexity index is 679. The molecule has 19 heavy (non-hydrogen) atoms. The van der Waals surface area contributed by atoms with E-state index < -0.39 is 5.82 Å². The van der Waals surface area contributed by atoms with Gasteiger partial charge in [0.05, 0.1) is 28.3 Å². The number of anilines is 4. The van der Waals surface area contributed by atoms with E-state index in [1.54, 1.807) is 24.3 Å². The Morgan fingerprint density at radius 2 is 1.89 bits per heavy atom. The Kier molecular flexibility index (Phi) is 3.45.